The second-order valence-corrected chi connectivity index (χ2v) is 23.0. The Balaban J connectivity index is 1.44. The third-order valence-electron chi connectivity index (χ3n) is 16.4. The van der Waals surface area contributed by atoms with E-state index in [-0.39, 0.29) is 31.6 Å². The quantitative estimate of drug-likeness (QED) is 0.125. The lowest BCUT2D eigenvalue weighted by Crippen LogP contribution is -2.69. The van der Waals surface area contributed by atoms with Gasteiger partial charge in [0.25, 0.3) is 0 Å². The van der Waals surface area contributed by atoms with E-state index >= 15 is 0 Å². The Morgan fingerprint density at radius 2 is 1.25 bits per heavy atom. The molecular weight excluding hydrogens is 1090 g/mol. The van der Waals surface area contributed by atoms with Gasteiger partial charge < -0.3 is 110 Å². The van der Waals surface area contributed by atoms with Crippen LogP contribution >= 0.6 is 0 Å². The maximum Gasteiger partial charge on any atom is 0.308 e. The lowest BCUT2D eigenvalue weighted by atomic mass is 9.81. The Morgan fingerprint density at radius 3 is 1.87 bits per heavy atom. The predicted molar refractivity (Wildman–Crippen MR) is 301 cm³/mol. The number of aliphatic hydroxyl groups excluding tert-OH is 12. The summed E-state index contributed by atoms with van der Waals surface area (Å²) in [6.07, 6.45) is -2.61. The molecule has 4 unspecified atom stereocenters. The number of hydrogen-bond donors (Lipinski definition) is 15. The van der Waals surface area contributed by atoms with Gasteiger partial charge in [0.05, 0.1) is 98.7 Å². The van der Waals surface area contributed by atoms with Gasteiger partial charge in [-0.3, -0.25) is 9.59 Å². The number of piperazine rings is 1. The van der Waals surface area contributed by atoms with E-state index < -0.39 is 184 Å². The number of esters is 1. The minimum atomic E-state index is -2.46. The lowest BCUT2D eigenvalue weighted by Gasteiger charge is -2.48. The molecule has 15 N–H and O–H groups in total. The number of hydrogen-bond acceptors (Lipinski definition) is 23. The highest BCUT2D eigenvalue weighted by atomic mass is 16.7. The number of nitrogens with zero attached hydrogens (tertiary/aromatic N) is 2. The zero-order valence-electron chi connectivity index (χ0n) is 48.3. The van der Waals surface area contributed by atoms with Gasteiger partial charge in [-0.25, -0.2) is 0 Å². The number of nitrogens with one attached hydrogen (secondary N) is 1. The van der Waals surface area contributed by atoms with Gasteiger partial charge in [0.15, 0.2) is 12.1 Å². The maximum atomic E-state index is 14.6. The number of likely N-dealkylation sites (N-methyl/N-ethyl adjacent to an activating group) is 1. The summed E-state index contributed by atoms with van der Waals surface area (Å²) in [5, 5.41) is 158. The number of amides is 1. The molecule has 0 aliphatic carbocycles. The van der Waals surface area contributed by atoms with Crippen LogP contribution in [0, 0.1) is 17.8 Å². The fraction of sp³-hybridized carbons (Fsp3) is 0.729. The summed E-state index contributed by atoms with van der Waals surface area (Å²) >= 11 is 0. The van der Waals surface area contributed by atoms with E-state index in [0.717, 1.165) is 6.54 Å². The normalized spacial score (nSPS) is 42.5. The van der Waals surface area contributed by atoms with Crippen molar-refractivity contribution in [1.82, 2.24) is 15.1 Å². The van der Waals surface area contributed by atoms with Crippen molar-refractivity contribution >= 4 is 11.9 Å². The third-order valence-corrected chi connectivity index (χ3v) is 16.4. The zero-order chi connectivity index (χ0) is 61.2. The number of cyclic esters (lactones) is 1. The molecule has 5 aliphatic heterocycles. The molecule has 0 aromatic heterocycles. The zero-order valence-corrected chi connectivity index (χ0v) is 48.3. The van der Waals surface area contributed by atoms with Crippen LogP contribution in [0.15, 0.2) is 85.1 Å². The van der Waals surface area contributed by atoms with Crippen molar-refractivity contribution in [3.8, 4) is 0 Å². The molecule has 0 saturated carbocycles. The van der Waals surface area contributed by atoms with Crippen LogP contribution in [0.2, 0.25) is 0 Å². The minimum absolute atomic E-state index is 0.124. The second kappa shape index (κ2) is 33.4. The Morgan fingerprint density at radius 1 is 0.651 bits per heavy atom. The summed E-state index contributed by atoms with van der Waals surface area (Å²) in [6.45, 7) is 10.0. The third kappa shape index (κ3) is 21.0. The maximum absolute atomic E-state index is 14.6. The van der Waals surface area contributed by atoms with Gasteiger partial charge in [-0.2, -0.15) is 0 Å². The predicted octanol–water partition coefficient (Wildman–Crippen LogP) is -1.78. The van der Waals surface area contributed by atoms with Crippen LogP contribution < -0.4 is 5.32 Å². The Bertz CT molecular complexity index is 2190. The minimum Gasteiger partial charge on any atom is -0.462 e. The monoisotopic (exact) mass is 1180 g/mol. The average molecular weight is 1180 g/mol. The van der Waals surface area contributed by atoms with Crippen LogP contribution in [0.4, 0.5) is 0 Å². The molecule has 1 amide bonds. The number of carbonyl (C=O) groups is 2. The smallest absolute Gasteiger partial charge is 0.308 e. The number of fused-ring (bicyclic) bond motifs is 2. The van der Waals surface area contributed by atoms with E-state index in [0.29, 0.717) is 26.2 Å². The number of carbonyl (C=O) groups excluding carboxylic acids is 2. The number of ether oxygens (including phenoxy) is 5. The van der Waals surface area contributed by atoms with Crippen molar-refractivity contribution in [1.29, 1.82) is 0 Å². The second-order valence-electron chi connectivity index (χ2n) is 23.0. The first-order valence-electron chi connectivity index (χ1n) is 29.1. The molecule has 5 heterocycles. The molecule has 0 spiro atoms. The first kappa shape index (κ1) is 70.1. The van der Waals surface area contributed by atoms with Crippen molar-refractivity contribution < 1.29 is 105 Å². The molecule has 2 bridgehead atoms. The van der Waals surface area contributed by atoms with Crippen LogP contribution in [-0.2, 0) is 33.3 Å². The molecule has 5 rings (SSSR count). The van der Waals surface area contributed by atoms with Crippen LogP contribution in [0.1, 0.15) is 86.0 Å². The summed E-state index contributed by atoms with van der Waals surface area (Å²) < 4.78 is 29.6. The standard InChI is InChI=1S/C59H95N3O21/c1-6-61-23-25-62(26-24-61)56(76)49-45(68)32-58(77)31-41(65)28-44(67)43(66)22-21-39(63)27-40(64)29-48(70)80-37(4)36(3)51(71)35(2)19-17-15-13-11-9-7-8-10-12-14-16-18-20-42(30-47(49)83-58)82-57-54(74)50(52(72)38(5)81-57)60-34-59(78)55(75)53(73)46(69)33-79-59/h7-20,35-47,49-55,57,60,63-69,71-75,77-78H,6,21-34H2,1-5H3/t35-,36?,37-,38+,39+,40+,41-,42-,43+,44+,45-,46+,47?,49?,50-,51+,52+,53-,54-,55-,57?,58+,59+/m0/s1. The van der Waals surface area contributed by atoms with E-state index in [2.05, 4.69) is 10.2 Å². The van der Waals surface area contributed by atoms with Crippen LogP contribution in [0.3, 0.4) is 0 Å². The summed E-state index contributed by atoms with van der Waals surface area (Å²) in [7, 11) is 0. The molecule has 0 aromatic rings. The average Bonchev–Trinajstić information content (AvgIpc) is 3.06. The number of rotatable bonds is 7. The molecule has 4 saturated heterocycles. The fourth-order valence-corrected chi connectivity index (χ4v) is 11.0. The summed E-state index contributed by atoms with van der Waals surface area (Å²) in [5.41, 5.74) is 0. The number of aliphatic hydroxyl groups is 14. The molecule has 4 fully saturated rings. The van der Waals surface area contributed by atoms with Gasteiger partial charge in [-0.05, 0) is 39.7 Å². The highest BCUT2D eigenvalue weighted by Crippen LogP contribution is 2.39. The summed E-state index contributed by atoms with van der Waals surface area (Å²) in [5.74, 6) is -8.11. The fourth-order valence-electron chi connectivity index (χ4n) is 11.0. The van der Waals surface area contributed by atoms with Gasteiger partial charge in [-0.15, -0.1) is 0 Å². The van der Waals surface area contributed by atoms with Gasteiger partial charge in [0.1, 0.15) is 30.5 Å². The van der Waals surface area contributed by atoms with Crippen LogP contribution in [0.5, 0.6) is 0 Å². The first-order valence-corrected chi connectivity index (χ1v) is 29.1. The lowest BCUT2D eigenvalue weighted by molar-refractivity contribution is -0.323. The Kier molecular flexibility index (Phi) is 28.2. The van der Waals surface area contributed by atoms with Crippen LogP contribution in [-0.4, -0.2) is 261 Å². The highest BCUT2D eigenvalue weighted by molar-refractivity contribution is 5.80. The van der Waals surface area contributed by atoms with Gasteiger partial charge in [-0.1, -0.05) is 106 Å². The summed E-state index contributed by atoms with van der Waals surface area (Å²) in [4.78, 5) is 31.1. The molecule has 24 nitrogen and oxygen atoms in total. The van der Waals surface area contributed by atoms with Gasteiger partial charge in [0, 0.05) is 63.7 Å². The molecule has 23 atom stereocenters. The van der Waals surface area contributed by atoms with Crippen LogP contribution in [0.25, 0.3) is 0 Å². The van der Waals surface area contributed by atoms with Crippen molar-refractivity contribution in [3.05, 3.63) is 85.1 Å². The SMILES string of the molecule is CCN1CCN(C(=O)C2C3C[C@@H](OC4O[C@H](C)[C@@H](O)[C@H](NC[C@@]5(O)OC[C@@H](O)[C@H](O)[C@@H]5O)[C@@H]4O)C=CC=CC=CC=CC=CC=CC=C[C@H](C)[C@@H](O)C(C)[C@H](C)OC(=O)C[C@H](O)C[C@H](O)CC[C@@H](O)[C@H](O)C[C@H](O)C[C@](O)(C[C@@H]2O)O3)CC1. The van der Waals surface area contributed by atoms with E-state index in [1.54, 1.807) is 97.7 Å². The molecule has 83 heavy (non-hydrogen) atoms. The number of allylic oxidation sites excluding steroid dienone is 12. The molecule has 0 radical (unpaired) electrons. The van der Waals surface area contributed by atoms with Gasteiger partial charge in [0.2, 0.25) is 11.7 Å². The van der Waals surface area contributed by atoms with Crippen molar-refractivity contribution in [2.24, 2.45) is 17.8 Å². The van der Waals surface area contributed by atoms with E-state index in [1.807, 2.05) is 19.9 Å². The summed E-state index contributed by atoms with van der Waals surface area (Å²) in [6, 6.07) is -1.34. The molecular formula is C59H95N3O21. The first-order chi connectivity index (χ1) is 39.3. The molecule has 5 aliphatic rings. The topological polar surface area (TPSA) is 382 Å². The van der Waals surface area contributed by atoms with Crippen molar-refractivity contribution in [3.63, 3.8) is 0 Å². The van der Waals surface area contributed by atoms with E-state index in [9.17, 15) is 81.1 Å². The largest absolute Gasteiger partial charge is 0.462 e. The Hall–Kier alpha value is -3.68. The van der Waals surface area contributed by atoms with Crippen molar-refractivity contribution in [2.45, 2.75) is 208 Å². The van der Waals surface area contributed by atoms with E-state index in [1.165, 1.54) is 6.92 Å². The molecule has 0 aromatic carbocycles. The highest BCUT2D eigenvalue weighted by Gasteiger charge is 2.53. The molecule has 24 heteroatoms. The van der Waals surface area contributed by atoms with Gasteiger partial charge >= 0.3 is 5.97 Å². The molecule has 472 valence electrons. The van der Waals surface area contributed by atoms with Crippen molar-refractivity contribution in [2.75, 3.05) is 45.9 Å². The Labute approximate surface area is 486 Å². The van der Waals surface area contributed by atoms with E-state index in [4.69, 9.17) is 23.7 Å².